The standard InChI is InChI=1S/C8H15NO5/c10-7(11)2-1-4-14-5-3-9-6-8(12)13/h9H,1-6H2,(H,10,11)(H,12,13). The van der Waals surface area contributed by atoms with E-state index in [9.17, 15) is 9.59 Å². The second-order valence-corrected chi connectivity index (χ2v) is 2.68. The van der Waals surface area contributed by atoms with Crippen molar-refractivity contribution in [3.8, 4) is 0 Å². The average molecular weight is 205 g/mol. The third kappa shape index (κ3) is 10.9. The molecule has 0 fully saturated rings. The van der Waals surface area contributed by atoms with E-state index < -0.39 is 11.9 Å². The molecule has 0 aromatic carbocycles. The summed E-state index contributed by atoms with van der Waals surface area (Å²) < 4.78 is 5.05. The highest BCUT2D eigenvalue weighted by Gasteiger charge is 1.97. The van der Waals surface area contributed by atoms with Gasteiger partial charge in [0.1, 0.15) is 0 Å². The number of hydrogen-bond acceptors (Lipinski definition) is 4. The van der Waals surface area contributed by atoms with Gasteiger partial charge in [0, 0.05) is 19.6 Å². The number of carboxylic acid groups (broad SMARTS) is 2. The van der Waals surface area contributed by atoms with Crippen molar-refractivity contribution in [1.82, 2.24) is 5.32 Å². The van der Waals surface area contributed by atoms with Crippen LogP contribution < -0.4 is 5.32 Å². The van der Waals surface area contributed by atoms with Gasteiger partial charge in [-0.25, -0.2) is 0 Å². The molecule has 0 bridgehead atoms. The van der Waals surface area contributed by atoms with Crippen molar-refractivity contribution in [2.24, 2.45) is 0 Å². The van der Waals surface area contributed by atoms with Crippen molar-refractivity contribution in [1.29, 1.82) is 0 Å². The second-order valence-electron chi connectivity index (χ2n) is 2.68. The Morgan fingerprint density at radius 1 is 1.14 bits per heavy atom. The molecule has 6 heteroatoms. The van der Waals surface area contributed by atoms with Crippen LogP contribution in [0.1, 0.15) is 12.8 Å². The van der Waals surface area contributed by atoms with E-state index in [1.807, 2.05) is 0 Å². The number of hydrogen-bond donors (Lipinski definition) is 3. The van der Waals surface area contributed by atoms with Crippen LogP contribution in [-0.4, -0.2) is 48.5 Å². The van der Waals surface area contributed by atoms with Crippen LogP contribution in [0.5, 0.6) is 0 Å². The van der Waals surface area contributed by atoms with Gasteiger partial charge in [0.25, 0.3) is 0 Å². The summed E-state index contributed by atoms with van der Waals surface area (Å²) in [6.07, 6.45) is 0.580. The van der Waals surface area contributed by atoms with Gasteiger partial charge in [-0.05, 0) is 6.42 Å². The summed E-state index contributed by atoms with van der Waals surface area (Å²) in [6, 6.07) is 0. The van der Waals surface area contributed by atoms with Crippen LogP contribution >= 0.6 is 0 Å². The molecule has 0 aliphatic rings. The Kier molecular flexibility index (Phi) is 7.77. The Morgan fingerprint density at radius 3 is 2.43 bits per heavy atom. The molecule has 0 radical (unpaired) electrons. The van der Waals surface area contributed by atoms with E-state index in [4.69, 9.17) is 14.9 Å². The number of aliphatic carboxylic acids is 2. The highest BCUT2D eigenvalue weighted by atomic mass is 16.5. The van der Waals surface area contributed by atoms with Crippen LogP contribution in [0.25, 0.3) is 0 Å². The predicted molar refractivity (Wildman–Crippen MR) is 48.2 cm³/mol. The van der Waals surface area contributed by atoms with Crippen molar-refractivity contribution < 1.29 is 24.5 Å². The zero-order valence-electron chi connectivity index (χ0n) is 7.86. The average Bonchev–Trinajstić information content (AvgIpc) is 2.08. The molecule has 0 aliphatic heterocycles. The smallest absolute Gasteiger partial charge is 0.317 e. The highest BCUT2D eigenvalue weighted by molar-refractivity contribution is 5.68. The molecule has 0 aliphatic carbocycles. The van der Waals surface area contributed by atoms with Crippen LogP contribution in [0, 0.1) is 0 Å². The maximum atomic E-state index is 10.1. The SMILES string of the molecule is O=C(O)CCCOCCNCC(=O)O. The Hall–Kier alpha value is -1.14. The van der Waals surface area contributed by atoms with Gasteiger partial charge in [-0.3, -0.25) is 9.59 Å². The zero-order valence-corrected chi connectivity index (χ0v) is 7.86. The van der Waals surface area contributed by atoms with Gasteiger partial charge < -0.3 is 20.3 Å². The van der Waals surface area contributed by atoms with Gasteiger partial charge in [-0.2, -0.15) is 0 Å². The molecule has 0 rings (SSSR count). The molecule has 3 N–H and O–H groups in total. The minimum Gasteiger partial charge on any atom is -0.481 e. The Bertz CT molecular complexity index is 163. The molecular formula is C8H15NO5. The fraction of sp³-hybridized carbons (Fsp3) is 0.750. The summed E-state index contributed by atoms with van der Waals surface area (Å²) >= 11 is 0. The molecule has 0 spiro atoms. The van der Waals surface area contributed by atoms with Crippen LogP contribution in [-0.2, 0) is 14.3 Å². The lowest BCUT2D eigenvalue weighted by molar-refractivity contribution is -0.138. The third-order valence-corrected chi connectivity index (χ3v) is 1.38. The largest absolute Gasteiger partial charge is 0.481 e. The minimum absolute atomic E-state index is 0.0848. The molecular weight excluding hydrogens is 190 g/mol. The van der Waals surface area contributed by atoms with Crippen LogP contribution in [0.3, 0.4) is 0 Å². The highest BCUT2D eigenvalue weighted by Crippen LogP contribution is 1.88. The first-order valence-corrected chi connectivity index (χ1v) is 4.35. The van der Waals surface area contributed by atoms with Gasteiger partial charge in [0.2, 0.25) is 0 Å². The van der Waals surface area contributed by atoms with Gasteiger partial charge in [0.15, 0.2) is 0 Å². The monoisotopic (exact) mass is 205 g/mol. The molecule has 0 heterocycles. The summed E-state index contributed by atoms with van der Waals surface area (Å²) in [7, 11) is 0. The van der Waals surface area contributed by atoms with Crippen LogP contribution in [0.15, 0.2) is 0 Å². The minimum atomic E-state index is -0.907. The van der Waals surface area contributed by atoms with Crippen molar-refractivity contribution in [3.05, 3.63) is 0 Å². The predicted octanol–water partition coefficient (Wildman–Crippen LogP) is -0.458. The Balaban J connectivity index is 2.99. The van der Waals surface area contributed by atoms with Crippen molar-refractivity contribution in [2.75, 3.05) is 26.3 Å². The maximum absolute atomic E-state index is 10.1. The molecule has 0 amide bonds. The van der Waals surface area contributed by atoms with Crippen molar-refractivity contribution >= 4 is 11.9 Å². The van der Waals surface area contributed by atoms with Gasteiger partial charge in [-0.15, -0.1) is 0 Å². The van der Waals surface area contributed by atoms with E-state index in [2.05, 4.69) is 5.32 Å². The number of nitrogens with one attached hydrogen (secondary N) is 1. The van der Waals surface area contributed by atoms with E-state index in [1.165, 1.54) is 0 Å². The van der Waals surface area contributed by atoms with E-state index in [1.54, 1.807) is 0 Å². The summed E-state index contributed by atoms with van der Waals surface area (Å²) in [5.41, 5.74) is 0. The number of ether oxygens (including phenoxy) is 1. The maximum Gasteiger partial charge on any atom is 0.317 e. The first kappa shape index (κ1) is 12.9. The van der Waals surface area contributed by atoms with Crippen molar-refractivity contribution in [3.63, 3.8) is 0 Å². The summed E-state index contributed by atoms with van der Waals surface area (Å²) in [5.74, 6) is -1.74. The molecule has 0 saturated carbocycles. The van der Waals surface area contributed by atoms with Crippen LogP contribution in [0.2, 0.25) is 0 Å². The number of carbonyl (C=O) groups is 2. The number of rotatable bonds is 9. The molecule has 0 saturated heterocycles. The summed E-state index contributed by atoms with van der Waals surface area (Å²) in [4.78, 5) is 20.1. The van der Waals surface area contributed by atoms with Crippen LogP contribution in [0.4, 0.5) is 0 Å². The first-order chi connectivity index (χ1) is 6.63. The Morgan fingerprint density at radius 2 is 1.86 bits per heavy atom. The lowest BCUT2D eigenvalue weighted by Gasteiger charge is -2.03. The molecule has 0 aromatic rings. The fourth-order valence-corrected chi connectivity index (χ4v) is 0.767. The number of carboxylic acids is 2. The topological polar surface area (TPSA) is 95.9 Å². The van der Waals surface area contributed by atoms with Crippen molar-refractivity contribution in [2.45, 2.75) is 12.8 Å². The van der Waals surface area contributed by atoms with E-state index in [-0.39, 0.29) is 13.0 Å². The van der Waals surface area contributed by atoms with Gasteiger partial charge in [0.05, 0.1) is 13.2 Å². The molecule has 82 valence electrons. The molecule has 0 unspecified atom stereocenters. The third-order valence-electron chi connectivity index (χ3n) is 1.38. The lowest BCUT2D eigenvalue weighted by Crippen LogP contribution is -2.26. The normalized spacial score (nSPS) is 10.0. The van der Waals surface area contributed by atoms with Gasteiger partial charge >= 0.3 is 11.9 Å². The van der Waals surface area contributed by atoms with Gasteiger partial charge in [-0.1, -0.05) is 0 Å². The molecule has 0 aromatic heterocycles. The quantitative estimate of drug-likeness (QED) is 0.441. The Labute approximate surface area is 81.9 Å². The summed E-state index contributed by atoms with van der Waals surface area (Å²) in [5, 5.41) is 19.2. The second kappa shape index (κ2) is 8.46. The van der Waals surface area contributed by atoms with E-state index >= 15 is 0 Å². The van der Waals surface area contributed by atoms with E-state index in [0.29, 0.717) is 26.2 Å². The first-order valence-electron chi connectivity index (χ1n) is 4.35. The summed E-state index contributed by atoms with van der Waals surface area (Å²) in [6.45, 7) is 1.16. The lowest BCUT2D eigenvalue weighted by atomic mass is 10.3. The van der Waals surface area contributed by atoms with E-state index in [0.717, 1.165) is 0 Å². The fourth-order valence-electron chi connectivity index (χ4n) is 0.767. The molecule has 14 heavy (non-hydrogen) atoms. The molecule has 6 nitrogen and oxygen atoms in total. The zero-order chi connectivity index (χ0) is 10.8. The molecule has 0 atom stereocenters.